The Morgan fingerprint density at radius 1 is 1.24 bits per heavy atom. The van der Waals surface area contributed by atoms with Gasteiger partial charge in [-0.3, -0.25) is 4.79 Å². The van der Waals surface area contributed by atoms with Gasteiger partial charge in [0.25, 0.3) is 0 Å². The van der Waals surface area contributed by atoms with Crippen molar-refractivity contribution < 1.29 is 9.18 Å². The first-order valence-electron chi connectivity index (χ1n) is 6.26. The van der Waals surface area contributed by atoms with Gasteiger partial charge in [-0.2, -0.15) is 0 Å². The van der Waals surface area contributed by atoms with E-state index in [-0.39, 0.29) is 5.82 Å². The molecule has 0 aliphatic carbocycles. The molecule has 0 saturated heterocycles. The molecule has 0 saturated carbocycles. The molecule has 1 aromatic heterocycles. The largest absolute Gasteiger partial charge is 0.342 e. The van der Waals surface area contributed by atoms with Crippen molar-refractivity contribution in [3.8, 4) is 0 Å². The molecule has 0 amide bonds. The highest BCUT2D eigenvalue weighted by atomic mass is 79.9. The molecule has 1 heterocycles. The molecule has 106 valence electrons. The number of rotatable bonds is 3. The predicted molar refractivity (Wildman–Crippen MR) is 85.5 cm³/mol. The molecule has 0 radical (unpaired) electrons. The highest BCUT2D eigenvalue weighted by molar-refractivity contribution is 9.10. The minimum absolute atomic E-state index is 0.291. The number of halogens is 3. The van der Waals surface area contributed by atoms with E-state index in [0.29, 0.717) is 27.2 Å². The van der Waals surface area contributed by atoms with Crippen LogP contribution < -0.4 is 0 Å². The minimum atomic E-state index is -0.291. The zero-order valence-corrected chi connectivity index (χ0v) is 13.2. The molecular weight excluding hydrogens is 357 g/mol. The number of fused-ring (bicyclic) bond motifs is 1. The molecule has 0 aliphatic rings. The molecule has 5 heteroatoms. The van der Waals surface area contributed by atoms with Crippen LogP contribution in [0.1, 0.15) is 15.9 Å². The van der Waals surface area contributed by atoms with Crippen LogP contribution in [-0.2, 0) is 6.54 Å². The average Bonchev–Trinajstić information content (AvgIpc) is 2.79. The Kier molecular flexibility index (Phi) is 3.83. The zero-order valence-electron chi connectivity index (χ0n) is 10.8. The van der Waals surface area contributed by atoms with Crippen molar-refractivity contribution in [3.63, 3.8) is 0 Å². The maximum atomic E-state index is 14.0. The number of aldehydes is 1. The van der Waals surface area contributed by atoms with E-state index < -0.39 is 0 Å². The number of carbonyl (C=O) groups is 1. The Hall–Kier alpha value is -1.65. The summed E-state index contributed by atoms with van der Waals surface area (Å²) in [7, 11) is 0. The van der Waals surface area contributed by atoms with Gasteiger partial charge in [0.15, 0.2) is 6.29 Å². The summed E-state index contributed by atoms with van der Waals surface area (Å²) in [5.74, 6) is -0.291. The zero-order chi connectivity index (χ0) is 15.0. The van der Waals surface area contributed by atoms with Crippen LogP contribution in [0, 0.1) is 5.82 Å². The van der Waals surface area contributed by atoms with E-state index in [1.807, 2.05) is 4.57 Å². The number of hydrogen-bond donors (Lipinski definition) is 0. The predicted octanol–water partition coefficient (Wildman–Crippen LogP) is 5.06. The lowest BCUT2D eigenvalue weighted by atomic mass is 10.2. The summed E-state index contributed by atoms with van der Waals surface area (Å²) in [5.41, 5.74) is 1.93. The number of aromatic nitrogens is 1. The van der Waals surface area contributed by atoms with Crippen molar-refractivity contribution in [3.05, 3.63) is 69.0 Å². The third kappa shape index (κ3) is 2.74. The first kappa shape index (κ1) is 14.3. The molecule has 2 nitrogen and oxygen atoms in total. The lowest BCUT2D eigenvalue weighted by Gasteiger charge is -2.07. The first-order valence-corrected chi connectivity index (χ1v) is 7.43. The summed E-state index contributed by atoms with van der Waals surface area (Å²) in [4.78, 5) is 11.2. The lowest BCUT2D eigenvalue weighted by molar-refractivity contribution is 0.112. The molecular formula is C16H10BrClFNO. The van der Waals surface area contributed by atoms with Gasteiger partial charge < -0.3 is 4.57 Å². The van der Waals surface area contributed by atoms with Crippen LogP contribution in [0.4, 0.5) is 4.39 Å². The molecule has 21 heavy (non-hydrogen) atoms. The third-order valence-electron chi connectivity index (χ3n) is 3.36. The topological polar surface area (TPSA) is 22.0 Å². The van der Waals surface area contributed by atoms with Gasteiger partial charge in [0.1, 0.15) is 5.82 Å². The maximum Gasteiger partial charge on any atom is 0.152 e. The van der Waals surface area contributed by atoms with Crippen LogP contribution >= 0.6 is 27.5 Å². The van der Waals surface area contributed by atoms with Crippen LogP contribution in [0.15, 0.2) is 47.1 Å². The van der Waals surface area contributed by atoms with Crippen molar-refractivity contribution in [2.24, 2.45) is 0 Å². The van der Waals surface area contributed by atoms with E-state index in [1.54, 1.807) is 36.5 Å². The quantitative estimate of drug-likeness (QED) is 0.594. The lowest BCUT2D eigenvalue weighted by Crippen LogP contribution is -2.00. The van der Waals surface area contributed by atoms with E-state index in [2.05, 4.69) is 15.9 Å². The fraction of sp³-hybridized carbons (Fsp3) is 0.0625. The molecule has 0 bridgehead atoms. The second kappa shape index (κ2) is 5.62. The number of nitrogens with zero attached hydrogens (tertiary/aromatic N) is 1. The summed E-state index contributed by atoms with van der Waals surface area (Å²) >= 11 is 9.25. The Balaban J connectivity index is 2.11. The molecule has 0 unspecified atom stereocenters. The smallest absolute Gasteiger partial charge is 0.152 e. The van der Waals surface area contributed by atoms with Gasteiger partial charge in [-0.05, 0) is 24.3 Å². The summed E-state index contributed by atoms with van der Waals surface area (Å²) < 4.78 is 16.5. The first-order chi connectivity index (χ1) is 10.1. The highest BCUT2D eigenvalue weighted by Crippen LogP contribution is 2.25. The fourth-order valence-corrected chi connectivity index (χ4v) is 2.85. The molecule has 0 N–H and O–H groups in total. The Morgan fingerprint density at radius 2 is 2.05 bits per heavy atom. The molecule has 0 fully saturated rings. The summed E-state index contributed by atoms with van der Waals surface area (Å²) in [6.07, 6.45) is 2.51. The van der Waals surface area contributed by atoms with Gasteiger partial charge in [0.2, 0.25) is 0 Å². The van der Waals surface area contributed by atoms with E-state index in [9.17, 15) is 9.18 Å². The second-order valence-corrected chi connectivity index (χ2v) is 6.08. The molecule has 3 aromatic rings. The molecule has 0 spiro atoms. The maximum absolute atomic E-state index is 14.0. The Morgan fingerprint density at radius 3 is 2.76 bits per heavy atom. The van der Waals surface area contributed by atoms with Crippen molar-refractivity contribution in [1.29, 1.82) is 0 Å². The minimum Gasteiger partial charge on any atom is -0.342 e. The number of benzene rings is 2. The molecule has 3 rings (SSSR count). The monoisotopic (exact) mass is 365 g/mol. The second-order valence-electron chi connectivity index (χ2n) is 4.73. The van der Waals surface area contributed by atoms with Gasteiger partial charge in [0.05, 0.1) is 12.1 Å². The van der Waals surface area contributed by atoms with Gasteiger partial charge in [-0.25, -0.2) is 4.39 Å². The fourth-order valence-electron chi connectivity index (χ4n) is 2.35. The Bertz CT molecular complexity index is 844. The van der Waals surface area contributed by atoms with E-state index in [4.69, 9.17) is 11.6 Å². The van der Waals surface area contributed by atoms with Crippen molar-refractivity contribution >= 4 is 44.7 Å². The van der Waals surface area contributed by atoms with Crippen molar-refractivity contribution in [2.75, 3.05) is 0 Å². The van der Waals surface area contributed by atoms with E-state index in [1.165, 1.54) is 6.07 Å². The highest BCUT2D eigenvalue weighted by Gasteiger charge is 2.11. The SMILES string of the molecule is O=Cc1cn(Cc2ccc(Br)cc2F)c2cc(Cl)ccc12. The van der Waals surface area contributed by atoms with Crippen LogP contribution in [0.25, 0.3) is 10.9 Å². The van der Waals surface area contributed by atoms with Gasteiger partial charge >= 0.3 is 0 Å². The van der Waals surface area contributed by atoms with Crippen LogP contribution in [0.5, 0.6) is 0 Å². The van der Waals surface area contributed by atoms with Crippen molar-refractivity contribution in [2.45, 2.75) is 6.54 Å². The average molecular weight is 367 g/mol. The van der Waals surface area contributed by atoms with E-state index >= 15 is 0 Å². The van der Waals surface area contributed by atoms with Crippen LogP contribution in [0.3, 0.4) is 0 Å². The van der Waals surface area contributed by atoms with Gasteiger partial charge in [0, 0.05) is 32.2 Å². The number of hydrogen-bond acceptors (Lipinski definition) is 1. The normalized spacial score (nSPS) is 11.0. The van der Waals surface area contributed by atoms with Gasteiger partial charge in [-0.15, -0.1) is 0 Å². The Labute approximate surface area is 134 Å². The standard InChI is InChI=1S/C16H10BrClFNO/c17-12-2-1-10(15(19)5-12)7-20-8-11(9-21)14-4-3-13(18)6-16(14)20/h1-6,8-9H,7H2. The van der Waals surface area contributed by atoms with Crippen LogP contribution in [-0.4, -0.2) is 10.9 Å². The van der Waals surface area contributed by atoms with Gasteiger partial charge in [-0.1, -0.05) is 39.7 Å². The summed E-state index contributed by atoms with van der Waals surface area (Å²) in [6.45, 7) is 0.337. The summed E-state index contributed by atoms with van der Waals surface area (Å²) in [6, 6.07) is 10.3. The molecule has 2 aromatic carbocycles. The van der Waals surface area contributed by atoms with Crippen molar-refractivity contribution in [1.82, 2.24) is 4.57 Å². The summed E-state index contributed by atoms with van der Waals surface area (Å²) in [5, 5.41) is 1.39. The number of carbonyl (C=O) groups excluding carboxylic acids is 1. The van der Waals surface area contributed by atoms with E-state index in [0.717, 1.165) is 17.2 Å². The van der Waals surface area contributed by atoms with Crippen LogP contribution in [0.2, 0.25) is 5.02 Å². The third-order valence-corrected chi connectivity index (χ3v) is 4.09. The molecule has 0 aliphatic heterocycles. The molecule has 0 atom stereocenters.